The van der Waals surface area contributed by atoms with E-state index in [1.165, 1.54) is 4.90 Å². The van der Waals surface area contributed by atoms with Gasteiger partial charge in [0.1, 0.15) is 17.1 Å². The molecule has 0 spiro atoms. The minimum atomic E-state index is -0.943. The number of rotatable bonds is 6. The molecule has 30 heavy (non-hydrogen) atoms. The Morgan fingerprint density at radius 2 is 1.70 bits per heavy atom. The zero-order chi connectivity index (χ0) is 21.9. The Morgan fingerprint density at radius 3 is 2.33 bits per heavy atom. The van der Waals surface area contributed by atoms with E-state index in [9.17, 15) is 9.59 Å². The molecule has 0 aliphatic carbocycles. The van der Waals surface area contributed by atoms with Gasteiger partial charge in [-0.15, -0.1) is 0 Å². The molecule has 2 aromatic rings. The molecule has 3 rings (SSSR count). The highest BCUT2D eigenvalue weighted by atomic mass is 16.2. The minimum Gasteiger partial charge on any atom is -0.357 e. The number of hydrogen-bond donors (Lipinski definition) is 0. The molecule has 0 saturated carbocycles. The summed E-state index contributed by atoms with van der Waals surface area (Å²) in [7, 11) is 3.38. The number of benzene rings is 1. The van der Waals surface area contributed by atoms with Gasteiger partial charge in [-0.25, -0.2) is 4.98 Å². The second kappa shape index (κ2) is 8.69. The van der Waals surface area contributed by atoms with Crippen LogP contribution in [0.1, 0.15) is 31.9 Å². The molecule has 1 aromatic heterocycles. The molecular weight excluding hydrogens is 376 g/mol. The van der Waals surface area contributed by atoms with E-state index in [2.05, 4.69) is 23.7 Å². The number of anilines is 1. The maximum atomic E-state index is 13.4. The van der Waals surface area contributed by atoms with Crippen LogP contribution in [0.2, 0.25) is 0 Å². The topological polar surface area (TPSA) is 56.8 Å². The largest absolute Gasteiger partial charge is 0.357 e. The van der Waals surface area contributed by atoms with E-state index in [-0.39, 0.29) is 11.8 Å². The van der Waals surface area contributed by atoms with Gasteiger partial charge in [-0.2, -0.15) is 0 Å². The lowest BCUT2D eigenvalue weighted by atomic mass is 9.87. The SMILES string of the molecule is CCN(CC)c1ncccc1C=C1C(=O)N(C)C(C)(Cc2ccccc2)C(=O)N1C. The van der Waals surface area contributed by atoms with Gasteiger partial charge in [0.05, 0.1) is 0 Å². The first-order chi connectivity index (χ1) is 14.3. The third-order valence-electron chi connectivity index (χ3n) is 5.95. The van der Waals surface area contributed by atoms with Gasteiger partial charge in [0.15, 0.2) is 0 Å². The fourth-order valence-electron chi connectivity index (χ4n) is 3.96. The number of amides is 2. The number of carbonyl (C=O) groups is 2. The van der Waals surface area contributed by atoms with Crippen LogP contribution in [-0.4, -0.2) is 59.3 Å². The van der Waals surface area contributed by atoms with Gasteiger partial charge < -0.3 is 14.7 Å². The molecule has 0 radical (unpaired) electrons. The van der Waals surface area contributed by atoms with Crippen molar-refractivity contribution in [1.29, 1.82) is 0 Å². The number of hydrogen-bond acceptors (Lipinski definition) is 4. The van der Waals surface area contributed by atoms with Crippen molar-refractivity contribution in [3.8, 4) is 0 Å². The lowest BCUT2D eigenvalue weighted by Gasteiger charge is -2.45. The van der Waals surface area contributed by atoms with Gasteiger partial charge in [0.2, 0.25) is 0 Å². The Kier molecular flexibility index (Phi) is 6.25. The number of piperazine rings is 1. The second-order valence-corrected chi connectivity index (χ2v) is 7.78. The predicted octanol–water partition coefficient (Wildman–Crippen LogP) is 3.20. The van der Waals surface area contributed by atoms with Gasteiger partial charge >= 0.3 is 0 Å². The molecule has 6 heteroatoms. The lowest BCUT2D eigenvalue weighted by molar-refractivity contribution is -0.155. The highest BCUT2D eigenvalue weighted by Crippen LogP contribution is 2.32. The molecule has 158 valence electrons. The van der Waals surface area contributed by atoms with Crippen molar-refractivity contribution >= 4 is 23.7 Å². The standard InChI is InChI=1S/C24H30N4O2/c1-6-28(7-2)21-19(14-11-15-25-21)16-20-22(29)27(5)24(3,23(30)26(20)4)17-18-12-9-8-10-13-18/h8-16H,6-7,17H2,1-5H3. The molecular formula is C24H30N4O2. The van der Waals surface area contributed by atoms with Crippen LogP contribution in [0.4, 0.5) is 5.82 Å². The van der Waals surface area contributed by atoms with E-state index in [1.54, 1.807) is 31.3 Å². The zero-order valence-corrected chi connectivity index (χ0v) is 18.4. The smallest absolute Gasteiger partial charge is 0.271 e. The van der Waals surface area contributed by atoms with Crippen LogP contribution < -0.4 is 4.90 Å². The summed E-state index contributed by atoms with van der Waals surface area (Å²) < 4.78 is 0. The van der Waals surface area contributed by atoms with Crippen molar-refractivity contribution in [1.82, 2.24) is 14.8 Å². The van der Waals surface area contributed by atoms with Crippen LogP contribution in [0, 0.1) is 0 Å². The van der Waals surface area contributed by atoms with Crippen LogP contribution in [0.5, 0.6) is 0 Å². The number of pyridine rings is 1. The maximum Gasteiger partial charge on any atom is 0.271 e. The van der Waals surface area contributed by atoms with E-state index in [4.69, 9.17) is 0 Å². The van der Waals surface area contributed by atoms with Crippen molar-refractivity contribution in [2.45, 2.75) is 32.7 Å². The van der Waals surface area contributed by atoms with Gasteiger partial charge in [-0.1, -0.05) is 30.3 Å². The number of aromatic nitrogens is 1. The molecule has 6 nitrogen and oxygen atoms in total. The summed E-state index contributed by atoms with van der Waals surface area (Å²) in [6.07, 6.45) is 3.99. The van der Waals surface area contributed by atoms with Gasteiger partial charge in [0.25, 0.3) is 11.8 Å². The Hall–Kier alpha value is -3.15. The first kappa shape index (κ1) is 21.6. The molecule has 1 saturated heterocycles. The van der Waals surface area contributed by atoms with E-state index in [0.29, 0.717) is 12.1 Å². The summed E-state index contributed by atoms with van der Waals surface area (Å²) in [5, 5.41) is 0. The fourth-order valence-corrected chi connectivity index (χ4v) is 3.96. The van der Waals surface area contributed by atoms with E-state index in [1.807, 2.05) is 49.4 Å². The molecule has 1 fully saturated rings. The highest BCUT2D eigenvalue weighted by Gasteiger charge is 2.48. The summed E-state index contributed by atoms with van der Waals surface area (Å²) in [5.41, 5.74) is 1.25. The van der Waals surface area contributed by atoms with Gasteiger partial charge in [-0.3, -0.25) is 9.59 Å². The Morgan fingerprint density at radius 1 is 1.03 bits per heavy atom. The molecule has 1 aromatic carbocycles. The quantitative estimate of drug-likeness (QED) is 0.692. The molecule has 2 heterocycles. The minimum absolute atomic E-state index is 0.104. The maximum absolute atomic E-state index is 13.4. The van der Waals surface area contributed by atoms with Crippen molar-refractivity contribution in [3.05, 3.63) is 65.5 Å². The summed E-state index contributed by atoms with van der Waals surface area (Å²) >= 11 is 0. The first-order valence-corrected chi connectivity index (χ1v) is 10.3. The molecule has 0 bridgehead atoms. The third kappa shape index (κ3) is 3.82. The lowest BCUT2D eigenvalue weighted by Crippen LogP contribution is -2.64. The molecule has 1 aliphatic rings. The fraction of sp³-hybridized carbons (Fsp3) is 0.375. The van der Waals surface area contributed by atoms with Crippen LogP contribution >= 0.6 is 0 Å². The van der Waals surface area contributed by atoms with Crippen LogP contribution in [0.3, 0.4) is 0 Å². The molecule has 1 aliphatic heterocycles. The van der Waals surface area contributed by atoms with Crippen LogP contribution in [-0.2, 0) is 16.0 Å². The van der Waals surface area contributed by atoms with E-state index >= 15 is 0 Å². The van der Waals surface area contributed by atoms with Crippen molar-refractivity contribution in [3.63, 3.8) is 0 Å². The third-order valence-corrected chi connectivity index (χ3v) is 5.95. The van der Waals surface area contributed by atoms with Crippen LogP contribution in [0.15, 0.2) is 54.4 Å². The summed E-state index contributed by atoms with van der Waals surface area (Å²) in [6.45, 7) is 7.58. The first-order valence-electron chi connectivity index (χ1n) is 10.3. The Labute approximate surface area is 178 Å². The van der Waals surface area contributed by atoms with E-state index < -0.39 is 5.54 Å². The average molecular weight is 407 g/mol. The van der Waals surface area contributed by atoms with Crippen molar-refractivity contribution in [2.75, 3.05) is 32.1 Å². The average Bonchev–Trinajstić information content (AvgIpc) is 2.77. The highest BCUT2D eigenvalue weighted by molar-refractivity contribution is 6.09. The summed E-state index contributed by atoms with van der Waals surface area (Å²) in [4.78, 5) is 36.4. The molecule has 1 unspecified atom stereocenters. The van der Waals surface area contributed by atoms with E-state index in [0.717, 1.165) is 30.0 Å². The van der Waals surface area contributed by atoms with Crippen molar-refractivity contribution in [2.24, 2.45) is 0 Å². The monoisotopic (exact) mass is 406 g/mol. The Bertz CT molecular complexity index is 953. The van der Waals surface area contributed by atoms with Crippen LogP contribution in [0.25, 0.3) is 6.08 Å². The van der Waals surface area contributed by atoms with Gasteiger partial charge in [0, 0.05) is 45.4 Å². The predicted molar refractivity (Wildman–Crippen MR) is 120 cm³/mol. The molecule has 2 amide bonds. The number of nitrogens with zero attached hydrogens (tertiary/aromatic N) is 4. The summed E-state index contributed by atoms with van der Waals surface area (Å²) in [5.74, 6) is 0.529. The molecule has 1 atom stereocenters. The Balaban J connectivity index is 1.99. The zero-order valence-electron chi connectivity index (χ0n) is 18.4. The number of likely N-dealkylation sites (N-methyl/N-ethyl adjacent to an activating group) is 2. The molecule has 0 N–H and O–H groups in total. The number of carbonyl (C=O) groups excluding carboxylic acids is 2. The second-order valence-electron chi connectivity index (χ2n) is 7.78. The van der Waals surface area contributed by atoms with Gasteiger partial charge in [-0.05, 0) is 44.5 Å². The normalized spacial score (nSPS) is 20.8. The van der Waals surface area contributed by atoms with Crippen molar-refractivity contribution < 1.29 is 9.59 Å². The summed E-state index contributed by atoms with van der Waals surface area (Å²) in [6, 6.07) is 13.6.